The molecule has 2 nitrogen and oxygen atoms in total. The minimum absolute atomic E-state index is 0.141. The van der Waals surface area contributed by atoms with Gasteiger partial charge in [0.1, 0.15) is 6.04 Å². The third-order valence-corrected chi connectivity index (χ3v) is 18.5. The van der Waals surface area contributed by atoms with Crippen LogP contribution in [0, 0.1) is 0 Å². The normalized spacial score (nSPS) is 14.9. The van der Waals surface area contributed by atoms with Gasteiger partial charge in [-0.1, -0.05) is 50.3 Å². The average molecular weight is 828 g/mol. The molecule has 0 fully saturated rings. The second-order valence-corrected chi connectivity index (χ2v) is 21.3. The average Bonchev–Trinajstić information content (AvgIpc) is 3.52. The molecule has 0 bridgehead atoms. The van der Waals surface area contributed by atoms with Gasteiger partial charge in [0.25, 0.3) is 0 Å². The number of hydrogen-bond acceptors (Lipinski definition) is 2. The number of benzene rings is 5. The number of nitrogens with two attached hydrogens (primary N) is 1. The quantitative estimate of drug-likeness (QED) is 0.131. The molecule has 2 aromatic heterocycles. The number of thiophene rings is 1. The Morgan fingerprint density at radius 3 is 2.60 bits per heavy atom. The molecule has 1 unspecified atom stereocenters. The number of hydrogen-bond donors (Lipinski definition) is 1. The Hall–Kier alpha value is -4.17. The fourth-order valence-electron chi connectivity index (χ4n) is 7.75. The van der Waals surface area contributed by atoms with E-state index in [0.717, 1.165) is 24.1 Å². The fraction of sp³-hybridized carbons (Fsp3) is 0.114. The van der Waals surface area contributed by atoms with Crippen LogP contribution in [0.5, 0.6) is 0 Å². The summed E-state index contributed by atoms with van der Waals surface area (Å²) in [6.07, 6.45) is 13.6. The van der Waals surface area contributed by atoms with E-state index in [4.69, 9.17) is 4.98 Å². The molecule has 4 heterocycles. The maximum atomic E-state index is 5.45. The van der Waals surface area contributed by atoms with E-state index < -0.39 is 24.2 Å². The van der Waals surface area contributed by atoms with Crippen molar-refractivity contribution in [1.82, 2.24) is 4.98 Å². The SMILES string of the molecule is C=Cc1cc(C2C=Cc3ccc4ccc(-c5ccccc5-c5ccc6s[c]7c(c6c5)C=C[CH2][Tl]7)nc4c3[NH2+]2)c2ccccc2c1CCC. The Bertz CT molecular complexity index is 2480. The molecule has 0 aliphatic carbocycles. The summed E-state index contributed by atoms with van der Waals surface area (Å²) < 4.78 is 4.48. The van der Waals surface area contributed by atoms with Gasteiger partial charge in [-0.25, -0.2) is 0 Å². The minimum Gasteiger partial charge on any atom is -0.0651 e. The van der Waals surface area contributed by atoms with Crippen LogP contribution in [0.4, 0.5) is 5.69 Å². The van der Waals surface area contributed by atoms with Crippen molar-refractivity contribution < 1.29 is 5.32 Å². The maximum absolute atomic E-state index is 5.45. The molecule has 0 saturated carbocycles. The van der Waals surface area contributed by atoms with Crippen LogP contribution in [0.2, 0.25) is 3.98 Å². The summed E-state index contributed by atoms with van der Waals surface area (Å²) in [5, 5.41) is 7.68. The van der Waals surface area contributed by atoms with Crippen molar-refractivity contribution in [2.45, 2.75) is 29.8 Å². The van der Waals surface area contributed by atoms with Gasteiger partial charge in [0, 0.05) is 5.56 Å². The molecule has 229 valence electrons. The van der Waals surface area contributed by atoms with Crippen LogP contribution in [0.3, 0.4) is 0 Å². The smallest absolute Gasteiger partial charge is 0.0651 e. The number of pyridine rings is 1. The number of quaternary nitrogens is 1. The summed E-state index contributed by atoms with van der Waals surface area (Å²) in [5.41, 5.74) is 13.6. The van der Waals surface area contributed by atoms with Gasteiger partial charge in [0.05, 0.1) is 0 Å². The molecule has 48 heavy (non-hydrogen) atoms. The molecule has 0 amide bonds. The molecule has 2 N–H and O–H groups in total. The van der Waals surface area contributed by atoms with Crippen molar-refractivity contribution in [3.8, 4) is 22.4 Å². The van der Waals surface area contributed by atoms with Gasteiger partial charge in [-0.15, -0.1) is 0 Å². The summed E-state index contributed by atoms with van der Waals surface area (Å²) in [4.78, 5) is 5.45. The molecule has 0 saturated heterocycles. The Morgan fingerprint density at radius 1 is 0.896 bits per heavy atom. The Kier molecular flexibility index (Phi) is 7.72. The third-order valence-electron chi connectivity index (χ3n) is 10.1. The first-order valence-electron chi connectivity index (χ1n) is 17.0. The van der Waals surface area contributed by atoms with E-state index in [9.17, 15) is 0 Å². The van der Waals surface area contributed by atoms with Crippen molar-refractivity contribution in [3.05, 3.63) is 144 Å². The summed E-state index contributed by atoms with van der Waals surface area (Å²) in [6.45, 7) is 6.46. The number of fused-ring (bicyclic) bond motifs is 7. The van der Waals surface area contributed by atoms with Crippen LogP contribution in [-0.4, -0.2) is 29.2 Å². The van der Waals surface area contributed by atoms with Crippen molar-refractivity contribution in [2.75, 3.05) is 0 Å². The monoisotopic (exact) mass is 828 g/mol. The number of allylic oxidation sites excluding steroid dienone is 1. The van der Waals surface area contributed by atoms with Crippen LogP contribution in [0.15, 0.2) is 116 Å². The van der Waals surface area contributed by atoms with Gasteiger partial charge in [-0.05, 0) is 52.6 Å². The summed E-state index contributed by atoms with van der Waals surface area (Å²) >= 11 is 1.19. The van der Waals surface area contributed by atoms with Crippen LogP contribution in [-0.2, 0) is 6.42 Å². The minimum atomic E-state index is -0.848. The molecule has 2 aliphatic rings. The van der Waals surface area contributed by atoms with E-state index in [1.165, 1.54) is 80.4 Å². The third kappa shape index (κ3) is 5.02. The molecule has 4 heteroatoms. The molecule has 7 aromatic rings. The van der Waals surface area contributed by atoms with E-state index in [0.29, 0.717) is 0 Å². The van der Waals surface area contributed by atoms with Gasteiger partial charge >= 0.3 is 185 Å². The zero-order chi connectivity index (χ0) is 32.2. The van der Waals surface area contributed by atoms with Crippen molar-refractivity contribution in [3.63, 3.8) is 0 Å². The first kappa shape index (κ1) is 29.9. The fourth-order valence-corrected chi connectivity index (χ4v) is 15.8. The Balaban J connectivity index is 1.15. The van der Waals surface area contributed by atoms with Crippen molar-refractivity contribution in [2.24, 2.45) is 0 Å². The zero-order valence-electron chi connectivity index (χ0n) is 27.0. The van der Waals surface area contributed by atoms with Crippen molar-refractivity contribution >= 4 is 93.7 Å². The standard InChI is InChI=1S/C44H34N2S.Tl/c1-4-11-32-27-47-42-24-21-31(26-38(32)42)34-13-7-10-16-37(34)40-22-19-29-17-18-30-20-23-41(46-44(30)43(29)45-40)39-25-28(6-3)33(12-5-2)35-14-8-9-15-36(35)39;/h4,6-11,13-26,41,46H,1,3,5,12H2,2H3;/p+1. The van der Waals surface area contributed by atoms with Gasteiger partial charge in [-0.2, -0.15) is 0 Å². The first-order chi connectivity index (χ1) is 23.7. The predicted octanol–water partition coefficient (Wildman–Crippen LogP) is 10.3. The van der Waals surface area contributed by atoms with Crippen LogP contribution in [0.25, 0.3) is 72.4 Å². The summed E-state index contributed by atoms with van der Waals surface area (Å²) in [6, 6.07) is 36.2. The Labute approximate surface area is 297 Å². The predicted molar refractivity (Wildman–Crippen MR) is 209 cm³/mol. The number of aromatic nitrogens is 1. The second-order valence-electron chi connectivity index (χ2n) is 12.9. The zero-order valence-corrected chi connectivity index (χ0v) is 32.3. The van der Waals surface area contributed by atoms with E-state index in [2.05, 4.69) is 140 Å². The van der Waals surface area contributed by atoms with E-state index >= 15 is 0 Å². The van der Waals surface area contributed by atoms with Gasteiger partial charge in [-0.3, -0.25) is 0 Å². The summed E-state index contributed by atoms with van der Waals surface area (Å²) in [5.74, 6) is 0. The molecular weight excluding hydrogens is 793 g/mol. The molecule has 1 atom stereocenters. The second kappa shape index (κ2) is 12.4. The number of nitrogens with zero attached hydrogens (tertiary/aromatic N) is 1. The molecule has 9 rings (SSSR count). The van der Waals surface area contributed by atoms with Crippen LogP contribution < -0.4 is 7.75 Å². The molecule has 5 aromatic carbocycles. The topological polar surface area (TPSA) is 29.5 Å². The van der Waals surface area contributed by atoms with E-state index in [1.54, 1.807) is 2.44 Å². The van der Waals surface area contributed by atoms with E-state index in [1.807, 2.05) is 17.4 Å². The van der Waals surface area contributed by atoms with E-state index in [-0.39, 0.29) is 6.04 Å². The summed E-state index contributed by atoms with van der Waals surface area (Å²) in [7, 11) is 0. The number of aryl methyl sites for hydroxylation is 1. The molecule has 0 spiro atoms. The van der Waals surface area contributed by atoms with Gasteiger partial charge in [0.2, 0.25) is 0 Å². The van der Waals surface area contributed by atoms with Crippen LogP contribution in [0.1, 0.15) is 47.2 Å². The van der Waals surface area contributed by atoms with Crippen LogP contribution >= 0.6 is 11.3 Å². The van der Waals surface area contributed by atoms with Crippen molar-refractivity contribution in [1.29, 1.82) is 0 Å². The molecular formula is C44H35N2STl+. The van der Waals surface area contributed by atoms with Gasteiger partial charge in [0.15, 0.2) is 0 Å². The number of rotatable bonds is 6. The van der Waals surface area contributed by atoms with Gasteiger partial charge < -0.3 is 0 Å². The molecule has 2 aliphatic heterocycles. The first-order valence-corrected chi connectivity index (χ1v) is 23.2. The Morgan fingerprint density at radius 2 is 1.73 bits per heavy atom. The molecule has 0 radical (unpaired) electrons.